The van der Waals surface area contributed by atoms with E-state index in [2.05, 4.69) is 15.3 Å². The Morgan fingerprint density at radius 1 is 1.53 bits per heavy atom. The Kier molecular flexibility index (Phi) is 3.97. The Bertz CT molecular complexity index is 468. The van der Waals surface area contributed by atoms with Crippen LogP contribution < -0.4 is 16.0 Å². The summed E-state index contributed by atoms with van der Waals surface area (Å²) >= 11 is 0. The summed E-state index contributed by atoms with van der Waals surface area (Å²) in [6.07, 6.45) is 3.03. The van der Waals surface area contributed by atoms with Crippen LogP contribution in [-0.2, 0) is 11.3 Å². The summed E-state index contributed by atoms with van der Waals surface area (Å²) < 4.78 is 1.89. The van der Waals surface area contributed by atoms with Crippen molar-refractivity contribution >= 4 is 17.4 Å². The number of likely N-dealkylation sites (N-methyl/N-ethyl adjacent to an activating group) is 1. The Hall–Kier alpha value is -1.72. The molecular formula is C13H23N5O. The lowest BCUT2D eigenvalue weighted by Gasteiger charge is -2.36. The van der Waals surface area contributed by atoms with E-state index in [9.17, 15) is 4.79 Å². The fourth-order valence-corrected chi connectivity index (χ4v) is 2.73. The first-order chi connectivity index (χ1) is 9.10. The molecule has 0 radical (unpaired) electrons. The molecule has 1 fully saturated rings. The smallest absolute Gasteiger partial charge is 0.242 e. The minimum atomic E-state index is -0.137. The lowest BCUT2D eigenvalue weighted by molar-refractivity contribution is -0.122. The summed E-state index contributed by atoms with van der Waals surface area (Å²) in [4.78, 5) is 14.2. The zero-order valence-corrected chi connectivity index (χ0v) is 11.9. The molecule has 1 saturated heterocycles. The number of carbonyl (C=O) groups excluding carboxylic acids is 1. The maximum atomic E-state index is 12.0. The van der Waals surface area contributed by atoms with Gasteiger partial charge in [-0.25, -0.2) is 4.68 Å². The number of nitrogens with zero attached hydrogens (tertiary/aromatic N) is 3. The van der Waals surface area contributed by atoms with E-state index in [0.29, 0.717) is 5.69 Å². The van der Waals surface area contributed by atoms with Gasteiger partial charge in [-0.1, -0.05) is 0 Å². The van der Waals surface area contributed by atoms with Gasteiger partial charge in [-0.3, -0.25) is 4.79 Å². The van der Waals surface area contributed by atoms with Gasteiger partial charge in [-0.15, -0.1) is 0 Å². The Balaban J connectivity index is 2.39. The number of anilines is 2. The SMILES string of the molecule is CCn1nc(C)c(N)c1N1CCCCC1C(=O)NC. The molecule has 1 aliphatic heterocycles. The molecule has 0 spiro atoms. The van der Waals surface area contributed by atoms with Crippen molar-refractivity contribution in [3.8, 4) is 0 Å². The fourth-order valence-electron chi connectivity index (χ4n) is 2.73. The van der Waals surface area contributed by atoms with Crippen molar-refractivity contribution in [2.45, 2.75) is 45.7 Å². The van der Waals surface area contributed by atoms with Crippen molar-refractivity contribution in [2.24, 2.45) is 0 Å². The van der Waals surface area contributed by atoms with Gasteiger partial charge in [0.25, 0.3) is 0 Å². The van der Waals surface area contributed by atoms with Crippen LogP contribution >= 0.6 is 0 Å². The van der Waals surface area contributed by atoms with Crippen molar-refractivity contribution in [2.75, 3.05) is 24.2 Å². The number of nitrogen functional groups attached to an aromatic ring is 1. The second-order valence-electron chi connectivity index (χ2n) is 4.96. The van der Waals surface area contributed by atoms with Gasteiger partial charge in [0.2, 0.25) is 5.91 Å². The summed E-state index contributed by atoms with van der Waals surface area (Å²) in [5.41, 5.74) is 7.68. The predicted molar refractivity (Wildman–Crippen MR) is 76.1 cm³/mol. The van der Waals surface area contributed by atoms with Gasteiger partial charge in [0.05, 0.1) is 11.4 Å². The third-order valence-electron chi connectivity index (χ3n) is 3.77. The number of aryl methyl sites for hydroxylation is 2. The zero-order valence-electron chi connectivity index (χ0n) is 11.9. The van der Waals surface area contributed by atoms with Crippen molar-refractivity contribution < 1.29 is 4.79 Å². The molecule has 2 heterocycles. The van der Waals surface area contributed by atoms with Crippen LogP contribution in [0.3, 0.4) is 0 Å². The van der Waals surface area contributed by atoms with Gasteiger partial charge in [0.1, 0.15) is 6.04 Å². The van der Waals surface area contributed by atoms with Gasteiger partial charge in [0.15, 0.2) is 5.82 Å². The van der Waals surface area contributed by atoms with Gasteiger partial charge in [0, 0.05) is 20.1 Å². The van der Waals surface area contributed by atoms with Crippen molar-refractivity contribution in [1.82, 2.24) is 15.1 Å². The van der Waals surface area contributed by atoms with Crippen molar-refractivity contribution in [1.29, 1.82) is 0 Å². The molecule has 19 heavy (non-hydrogen) atoms. The topological polar surface area (TPSA) is 76.2 Å². The van der Waals surface area contributed by atoms with Crippen LogP contribution in [-0.4, -0.2) is 35.3 Å². The maximum absolute atomic E-state index is 12.0. The third-order valence-corrected chi connectivity index (χ3v) is 3.77. The lowest BCUT2D eigenvalue weighted by Crippen LogP contribution is -2.49. The molecule has 1 unspecified atom stereocenters. The molecule has 1 amide bonds. The minimum Gasteiger partial charge on any atom is -0.394 e. The zero-order chi connectivity index (χ0) is 14.0. The lowest BCUT2D eigenvalue weighted by atomic mass is 10.0. The van der Waals surface area contributed by atoms with E-state index in [0.717, 1.165) is 43.9 Å². The molecule has 6 nitrogen and oxygen atoms in total. The molecule has 1 aromatic rings. The Labute approximate surface area is 113 Å². The average Bonchev–Trinajstić information content (AvgIpc) is 2.73. The molecule has 3 N–H and O–H groups in total. The Morgan fingerprint density at radius 2 is 2.26 bits per heavy atom. The molecule has 1 atom stereocenters. The number of hydrogen-bond donors (Lipinski definition) is 2. The number of carbonyl (C=O) groups is 1. The highest BCUT2D eigenvalue weighted by Gasteiger charge is 2.32. The highest BCUT2D eigenvalue weighted by atomic mass is 16.2. The number of aromatic nitrogens is 2. The third kappa shape index (κ3) is 2.39. The van der Waals surface area contributed by atoms with Crippen LogP contribution in [0.25, 0.3) is 0 Å². The highest BCUT2D eigenvalue weighted by molar-refractivity contribution is 5.86. The summed E-state index contributed by atoms with van der Waals surface area (Å²) in [5, 5.41) is 7.19. The van der Waals surface area contributed by atoms with Crippen molar-refractivity contribution in [3.05, 3.63) is 5.69 Å². The van der Waals surface area contributed by atoms with Crippen LogP contribution in [0.4, 0.5) is 11.5 Å². The largest absolute Gasteiger partial charge is 0.394 e. The standard InChI is InChI=1S/C13H23N5O/c1-4-18-13(11(14)9(2)16-18)17-8-6-5-7-10(17)12(19)15-3/h10H,4-8,14H2,1-3H3,(H,15,19). The molecule has 0 aliphatic carbocycles. The first-order valence-electron chi connectivity index (χ1n) is 6.91. The average molecular weight is 265 g/mol. The molecule has 1 aromatic heterocycles. The predicted octanol–water partition coefficient (Wildman–Crippen LogP) is 0.899. The first-order valence-corrected chi connectivity index (χ1v) is 6.91. The number of rotatable bonds is 3. The van der Waals surface area contributed by atoms with E-state index in [-0.39, 0.29) is 11.9 Å². The number of nitrogens with one attached hydrogen (secondary N) is 1. The van der Waals surface area contributed by atoms with Gasteiger partial charge >= 0.3 is 0 Å². The molecule has 0 saturated carbocycles. The molecule has 106 valence electrons. The number of hydrogen-bond acceptors (Lipinski definition) is 4. The minimum absolute atomic E-state index is 0.0561. The van der Waals surface area contributed by atoms with E-state index in [1.807, 2.05) is 18.5 Å². The molecule has 1 aliphatic rings. The van der Waals surface area contributed by atoms with Crippen LogP contribution in [0.2, 0.25) is 0 Å². The highest BCUT2D eigenvalue weighted by Crippen LogP contribution is 2.31. The molecule has 2 rings (SSSR count). The Morgan fingerprint density at radius 3 is 2.89 bits per heavy atom. The van der Waals surface area contributed by atoms with E-state index in [4.69, 9.17) is 5.73 Å². The van der Waals surface area contributed by atoms with E-state index >= 15 is 0 Å². The van der Waals surface area contributed by atoms with Gasteiger partial charge in [-0.05, 0) is 33.1 Å². The monoisotopic (exact) mass is 265 g/mol. The van der Waals surface area contributed by atoms with Crippen LogP contribution in [0, 0.1) is 6.92 Å². The number of nitrogens with two attached hydrogens (primary N) is 1. The molecule has 6 heteroatoms. The van der Waals surface area contributed by atoms with Crippen LogP contribution in [0.15, 0.2) is 0 Å². The van der Waals surface area contributed by atoms with Gasteiger partial charge < -0.3 is 16.0 Å². The van der Waals surface area contributed by atoms with E-state index < -0.39 is 0 Å². The van der Waals surface area contributed by atoms with E-state index in [1.54, 1.807) is 7.05 Å². The fraction of sp³-hybridized carbons (Fsp3) is 0.692. The number of amides is 1. The normalized spacial score (nSPS) is 19.5. The summed E-state index contributed by atoms with van der Waals surface area (Å²) in [6, 6.07) is -0.137. The molecule has 0 bridgehead atoms. The molecule has 0 aromatic carbocycles. The van der Waals surface area contributed by atoms with Crippen LogP contribution in [0.1, 0.15) is 31.9 Å². The second-order valence-corrected chi connectivity index (χ2v) is 4.96. The second kappa shape index (κ2) is 5.50. The van der Waals surface area contributed by atoms with Gasteiger partial charge in [-0.2, -0.15) is 5.10 Å². The summed E-state index contributed by atoms with van der Waals surface area (Å²) in [6.45, 7) is 5.55. The van der Waals surface area contributed by atoms with E-state index in [1.165, 1.54) is 0 Å². The quantitative estimate of drug-likeness (QED) is 0.851. The maximum Gasteiger partial charge on any atom is 0.242 e. The summed E-state index contributed by atoms with van der Waals surface area (Å²) in [7, 11) is 1.68. The van der Waals surface area contributed by atoms with Crippen molar-refractivity contribution in [3.63, 3.8) is 0 Å². The van der Waals surface area contributed by atoms with Crippen LogP contribution in [0.5, 0.6) is 0 Å². The first kappa shape index (κ1) is 13.7. The number of piperidine rings is 1. The summed E-state index contributed by atoms with van der Waals surface area (Å²) in [5.74, 6) is 0.953. The molecular weight excluding hydrogens is 242 g/mol.